The van der Waals surface area contributed by atoms with Crippen LogP contribution in [0.2, 0.25) is 0 Å². The number of hydrogen-bond donors (Lipinski definition) is 1. The van der Waals surface area contributed by atoms with E-state index in [1.54, 1.807) is 18.9 Å². The second-order valence-corrected chi connectivity index (χ2v) is 10.9. The minimum Gasteiger partial charge on any atom is -0.497 e. The lowest BCUT2D eigenvalue weighted by molar-refractivity contribution is -0.189. The second-order valence-electron chi connectivity index (χ2n) is 10.9. The van der Waals surface area contributed by atoms with E-state index in [0.29, 0.717) is 26.1 Å². The van der Waals surface area contributed by atoms with Crippen LogP contribution in [0.1, 0.15) is 58.1 Å². The van der Waals surface area contributed by atoms with Crippen molar-refractivity contribution in [1.29, 1.82) is 0 Å². The molecule has 4 aliphatic rings. The molecule has 0 saturated carbocycles. The normalized spacial score (nSPS) is 32.7. The highest BCUT2D eigenvalue weighted by Crippen LogP contribution is 2.53. The zero-order valence-electron chi connectivity index (χ0n) is 20.7. The third-order valence-corrected chi connectivity index (χ3v) is 8.22. The number of benzene rings is 1. The Morgan fingerprint density at radius 3 is 2.76 bits per heavy atom. The van der Waals surface area contributed by atoms with Gasteiger partial charge in [0.15, 0.2) is 0 Å². The van der Waals surface area contributed by atoms with Crippen molar-refractivity contribution in [3.05, 3.63) is 23.8 Å². The van der Waals surface area contributed by atoms with Gasteiger partial charge in [0, 0.05) is 43.1 Å². The van der Waals surface area contributed by atoms with Crippen molar-refractivity contribution in [2.75, 3.05) is 26.7 Å². The van der Waals surface area contributed by atoms with Gasteiger partial charge in [-0.3, -0.25) is 9.59 Å². The van der Waals surface area contributed by atoms with E-state index in [-0.39, 0.29) is 41.9 Å². The Balaban J connectivity index is 1.32. The number of carbonyl (C=O) groups excluding carboxylic acids is 2. The fourth-order valence-corrected chi connectivity index (χ4v) is 6.37. The first kappa shape index (κ1) is 23.4. The van der Waals surface area contributed by atoms with Gasteiger partial charge in [0.25, 0.3) is 0 Å². The molecule has 0 bridgehead atoms. The lowest BCUT2D eigenvalue weighted by Gasteiger charge is -2.53. The van der Waals surface area contributed by atoms with Crippen molar-refractivity contribution in [3.8, 4) is 11.5 Å². The summed E-state index contributed by atoms with van der Waals surface area (Å²) in [5, 5.41) is 0. The van der Waals surface area contributed by atoms with Crippen LogP contribution >= 0.6 is 0 Å². The van der Waals surface area contributed by atoms with Crippen LogP contribution in [-0.2, 0) is 14.3 Å². The van der Waals surface area contributed by atoms with Crippen LogP contribution < -0.4 is 15.2 Å². The molecule has 3 fully saturated rings. The molecule has 4 aliphatic heterocycles. The van der Waals surface area contributed by atoms with E-state index in [9.17, 15) is 9.59 Å². The molecular formula is C26H37N3O5. The molecule has 4 heterocycles. The van der Waals surface area contributed by atoms with E-state index in [1.165, 1.54) is 0 Å². The quantitative estimate of drug-likeness (QED) is 0.728. The predicted octanol–water partition coefficient (Wildman–Crippen LogP) is 2.50. The Morgan fingerprint density at radius 2 is 2.03 bits per heavy atom. The number of rotatable bonds is 3. The number of amides is 2. The summed E-state index contributed by atoms with van der Waals surface area (Å²) >= 11 is 0. The molecule has 186 valence electrons. The summed E-state index contributed by atoms with van der Waals surface area (Å²) in [6, 6.07) is 5.00. The Bertz CT molecular complexity index is 964. The van der Waals surface area contributed by atoms with Gasteiger partial charge >= 0.3 is 0 Å². The first-order valence-electron chi connectivity index (χ1n) is 12.6. The summed E-state index contributed by atoms with van der Waals surface area (Å²) < 4.78 is 18.6. The summed E-state index contributed by atoms with van der Waals surface area (Å²) in [6.07, 6.45) is 3.38. The fraction of sp³-hybridized carbons (Fsp3) is 0.692. The van der Waals surface area contributed by atoms with E-state index in [1.807, 2.05) is 17.0 Å². The van der Waals surface area contributed by atoms with Crippen molar-refractivity contribution in [1.82, 2.24) is 9.80 Å². The number of nitrogens with zero attached hydrogens (tertiary/aromatic N) is 2. The van der Waals surface area contributed by atoms with Gasteiger partial charge in [-0.05, 0) is 58.6 Å². The molecule has 0 radical (unpaired) electrons. The SMILES string of the molecule is COc1ccc2c(c1)OC(C)(C)[C@@H]1C[C@H]3CN(C(=O)[C@@H]4CCCN4C(=O)[C@@H](C)N)CC[C@H]3O[C@@H]21. The molecule has 6 atom stereocenters. The van der Waals surface area contributed by atoms with E-state index >= 15 is 0 Å². The first-order chi connectivity index (χ1) is 16.2. The van der Waals surface area contributed by atoms with Gasteiger partial charge in [-0.15, -0.1) is 0 Å². The van der Waals surface area contributed by atoms with Crippen LogP contribution in [0.5, 0.6) is 11.5 Å². The topological polar surface area (TPSA) is 94.3 Å². The monoisotopic (exact) mass is 471 g/mol. The summed E-state index contributed by atoms with van der Waals surface area (Å²) in [5.74, 6) is 1.97. The number of ether oxygens (including phenoxy) is 3. The number of carbonyl (C=O) groups is 2. The highest BCUT2D eigenvalue weighted by Gasteiger charge is 2.52. The molecule has 1 aromatic carbocycles. The highest BCUT2D eigenvalue weighted by atomic mass is 16.5. The number of piperidine rings is 1. The molecule has 0 aliphatic carbocycles. The average Bonchev–Trinajstić information content (AvgIpc) is 3.31. The Kier molecular flexibility index (Phi) is 6.01. The summed E-state index contributed by atoms with van der Waals surface area (Å²) in [7, 11) is 1.66. The Hall–Kier alpha value is -2.32. The zero-order valence-corrected chi connectivity index (χ0v) is 20.7. The van der Waals surface area contributed by atoms with Crippen molar-refractivity contribution >= 4 is 11.8 Å². The van der Waals surface area contributed by atoms with Gasteiger partial charge in [-0.25, -0.2) is 0 Å². The molecule has 0 aromatic heterocycles. The fourth-order valence-electron chi connectivity index (χ4n) is 6.37. The molecule has 5 rings (SSSR count). The van der Waals surface area contributed by atoms with Crippen molar-refractivity contribution < 1.29 is 23.8 Å². The van der Waals surface area contributed by atoms with Crippen LogP contribution in [0.3, 0.4) is 0 Å². The number of nitrogens with two attached hydrogens (primary N) is 1. The van der Waals surface area contributed by atoms with Gasteiger partial charge < -0.3 is 29.7 Å². The minimum atomic E-state index is -0.584. The number of fused-ring (bicyclic) bond motifs is 4. The maximum Gasteiger partial charge on any atom is 0.245 e. The Morgan fingerprint density at radius 1 is 1.24 bits per heavy atom. The average molecular weight is 472 g/mol. The van der Waals surface area contributed by atoms with E-state index in [0.717, 1.165) is 36.3 Å². The summed E-state index contributed by atoms with van der Waals surface area (Å²) in [6.45, 7) is 7.86. The molecule has 0 unspecified atom stereocenters. The van der Waals surface area contributed by atoms with E-state index in [2.05, 4.69) is 19.9 Å². The lowest BCUT2D eigenvalue weighted by atomic mass is 9.70. The Labute approximate surface area is 201 Å². The maximum atomic E-state index is 13.5. The van der Waals surface area contributed by atoms with Gasteiger partial charge in [0.05, 0.1) is 25.4 Å². The third kappa shape index (κ3) is 3.94. The van der Waals surface area contributed by atoms with Gasteiger partial charge in [-0.1, -0.05) is 0 Å². The molecule has 2 N–H and O–H groups in total. The van der Waals surface area contributed by atoms with Crippen molar-refractivity contribution in [2.45, 2.75) is 76.3 Å². The van der Waals surface area contributed by atoms with E-state index < -0.39 is 11.6 Å². The van der Waals surface area contributed by atoms with Gasteiger partial charge in [0.1, 0.15) is 23.1 Å². The van der Waals surface area contributed by atoms with Crippen LogP contribution in [0.4, 0.5) is 0 Å². The second kappa shape index (κ2) is 8.72. The molecule has 3 saturated heterocycles. The predicted molar refractivity (Wildman–Crippen MR) is 126 cm³/mol. The van der Waals surface area contributed by atoms with Crippen LogP contribution in [0.25, 0.3) is 0 Å². The smallest absolute Gasteiger partial charge is 0.245 e. The number of likely N-dealkylation sites (tertiary alicyclic amines) is 2. The number of methoxy groups -OCH3 is 1. The van der Waals surface area contributed by atoms with Gasteiger partial charge in [0.2, 0.25) is 11.8 Å². The zero-order chi connectivity index (χ0) is 24.2. The van der Waals surface area contributed by atoms with Crippen LogP contribution in [-0.4, -0.2) is 72.1 Å². The molecule has 8 heteroatoms. The number of hydrogen-bond acceptors (Lipinski definition) is 6. The molecule has 8 nitrogen and oxygen atoms in total. The molecule has 34 heavy (non-hydrogen) atoms. The molecule has 1 aromatic rings. The molecule has 0 spiro atoms. The van der Waals surface area contributed by atoms with Crippen molar-refractivity contribution in [3.63, 3.8) is 0 Å². The first-order valence-corrected chi connectivity index (χ1v) is 12.6. The van der Waals surface area contributed by atoms with Gasteiger partial charge in [-0.2, -0.15) is 0 Å². The van der Waals surface area contributed by atoms with Crippen LogP contribution in [0.15, 0.2) is 18.2 Å². The molecule has 2 amide bonds. The van der Waals surface area contributed by atoms with Crippen LogP contribution in [0, 0.1) is 11.8 Å². The molecular weight excluding hydrogens is 434 g/mol. The lowest BCUT2D eigenvalue weighted by Crippen LogP contribution is -2.58. The highest BCUT2D eigenvalue weighted by molar-refractivity contribution is 5.90. The maximum absolute atomic E-state index is 13.5. The third-order valence-electron chi connectivity index (χ3n) is 8.22. The summed E-state index contributed by atoms with van der Waals surface area (Å²) in [5.41, 5.74) is 6.52. The minimum absolute atomic E-state index is 0.0258. The summed E-state index contributed by atoms with van der Waals surface area (Å²) in [4.78, 5) is 29.6. The largest absolute Gasteiger partial charge is 0.497 e. The standard InChI is InChI=1S/C26H37N3O5/c1-15(27)24(30)29-10-5-6-20(29)25(31)28-11-9-21-16(14-28)12-19-23(33-21)18-8-7-17(32-4)13-22(18)34-26(19,2)3/h7-8,13,15-16,19-21,23H,5-6,9-12,14,27H2,1-4H3/t15-,16+,19-,20+,21-,23+/m1/s1. The van der Waals surface area contributed by atoms with Crippen molar-refractivity contribution in [2.24, 2.45) is 17.6 Å². The van der Waals surface area contributed by atoms with E-state index in [4.69, 9.17) is 19.9 Å².